The Morgan fingerprint density at radius 2 is 2.04 bits per heavy atom. The Balaban J connectivity index is 1.74. The number of carbonyl (C=O) groups is 1. The molecule has 0 saturated carbocycles. The lowest BCUT2D eigenvalue weighted by atomic mass is 10.1. The fraction of sp³-hybridized carbons (Fsp3) is 0.375. The summed E-state index contributed by atoms with van der Waals surface area (Å²) < 4.78 is 10.5. The summed E-state index contributed by atoms with van der Waals surface area (Å²) in [6.07, 6.45) is -0.823. The molecular weight excluding hydrogens is 298 g/mol. The van der Waals surface area contributed by atoms with E-state index in [4.69, 9.17) is 9.26 Å². The number of amides is 2. The van der Waals surface area contributed by atoms with E-state index in [2.05, 4.69) is 15.8 Å². The lowest BCUT2D eigenvalue weighted by Gasteiger charge is -2.16. The molecule has 7 nitrogen and oxygen atoms in total. The Hall–Kier alpha value is -2.54. The zero-order valence-electron chi connectivity index (χ0n) is 13.4. The number of urea groups is 1. The molecule has 1 aromatic heterocycles. The van der Waals surface area contributed by atoms with Crippen LogP contribution in [0.1, 0.15) is 16.8 Å². The minimum Gasteiger partial charge on any atom is -0.490 e. The average Bonchev–Trinajstić information content (AvgIpc) is 2.89. The molecule has 0 bridgehead atoms. The van der Waals surface area contributed by atoms with Crippen LogP contribution in [-0.2, 0) is 0 Å². The van der Waals surface area contributed by atoms with Gasteiger partial charge in [-0.3, -0.25) is 5.32 Å². The molecule has 0 unspecified atom stereocenters. The third kappa shape index (κ3) is 5.00. The van der Waals surface area contributed by atoms with Crippen molar-refractivity contribution in [1.82, 2.24) is 10.5 Å². The molecule has 1 heterocycles. The lowest BCUT2D eigenvalue weighted by molar-refractivity contribution is 0.107. The second kappa shape index (κ2) is 7.64. The summed E-state index contributed by atoms with van der Waals surface area (Å²) in [7, 11) is 0. The number of hydrogen-bond donors (Lipinski definition) is 3. The van der Waals surface area contributed by atoms with Crippen molar-refractivity contribution in [3.8, 4) is 5.75 Å². The van der Waals surface area contributed by atoms with E-state index in [0.29, 0.717) is 5.69 Å². The van der Waals surface area contributed by atoms with Gasteiger partial charge in [0.05, 0.1) is 5.69 Å². The molecule has 0 aliphatic rings. The van der Waals surface area contributed by atoms with E-state index in [0.717, 1.165) is 16.9 Å². The molecular formula is C16H21N3O4. The van der Waals surface area contributed by atoms with Crippen LogP contribution >= 0.6 is 0 Å². The maximum atomic E-state index is 11.6. The minimum absolute atomic E-state index is 0.0594. The van der Waals surface area contributed by atoms with E-state index in [9.17, 15) is 9.90 Å². The number of nitrogens with zero attached hydrogens (tertiary/aromatic N) is 1. The van der Waals surface area contributed by atoms with Gasteiger partial charge in [0.15, 0.2) is 0 Å². The number of hydrogen-bond acceptors (Lipinski definition) is 5. The van der Waals surface area contributed by atoms with E-state index in [-0.39, 0.29) is 19.0 Å². The van der Waals surface area contributed by atoms with Crippen molar-refractivity contribution >= 4 is 11.9 Å². The van der Waals surface area contributed by atoms with Crippen molar-refractivity contribution in [2.24, 2.45) is 0 Å². The van der Waals surface area contributed by atoms with Crippen LogP contribution in [0.3, 0.4) is 0 Å². The molecule has 124 valence electrons. The largest absolute Gasteiger partial charge is 0.490 e. The third-order valence-electron chi connectivity index (χ3n) is 3.19. The van der Waals surface area contributed by atoms with Gasteiger partial charge < -0.3 is 19.7 Å². The van der Waals surface area contributed by atoms with Crippen LogP contribution in [0.5, 0.6) is 5.75 Å². The molecule has 1 atom stereocenters. The van der Waals surface area contributed by atoms with Crippen molar-refractivity contribution in [3.05, 3.63) is 41.1 Å². The van der Waals surface area contributed by atoms with E-state index in [1.54, 1.807) is 13.0 Å². The molecule has 7 heteroatoms. The number of nitrogens with one attached hydrogen (secondary N) is 2. The summed E-state index contributed by atoms with van der Waals surface area (Å²) in [5.41, 5.74) is 2.68. The van der Waals surface area contributed by atoms with Crippen LogP contribution in [-0.4, -0.2) is 35.5 Å². The first-order valence-corrected chi connectivity index (χ1v) is 7.31. The number of aryl methyl sites for hydroxylation is 3. The normalized spacial score (nSPS) is 11.8. The predicted molar refractivity (Wildman–Crippen MR) is 85.7 cm³/mol. The minimum atomic E-state index is -0.823. The van der Waals surface area contributed by atoms with Crippen molar-refractivity contribution < 1.29 is 19.2 Å². The quantitative estimate of drug-likeness (QED) is 0.758. The number of aliphatic hydroxyl groups is 1. The molecule has 0 aliphatic carbocycles. The van der Waals surface area contributed by atoms with Gasteiger partial charge >= 0.3 is 6.03 Å². The summed E-state index contributed by atoms with van der Waals surface area (Å²) in [4.78, 5) is 11.6. The Labute approximate surface area is 134 Å². The molecule has 2 aromatic rings. The van der Waals surface area contributed by atoms with E-state index in [1.165, 1.54) is 0 Å². The topological polar surface area (TPSA) is 96.6 Å². The summed E-state index contributed by atoms with van der Waals surface area (Å²) in [6.45, 7) is 5.79. The molecule has 23 heavy (non-hydrogen) atoms. The maximum Gasteiger partial charge on any atom is 0.321 e. The second-order valence-corrected chi connectivity index (χ2v) is 5.35. The summed E-state index contributed by atoms with van der Waals surface area (Å²) in [6, 6.07) is 6.96. The number of rotatable bonds is 6. The monoisotopic (exact) mass is 319 g/mol. The Kier molecular flexibility index (Phi) is 5.59. The highest BCUT2D eigenvalue weighted by Gasteiger charge is 2.11. The van der Waals surface area contributed by atoms with Gasteiger partial charge in [0.25, 0.3) is 0 Å². The first-order chi connectivity index (χ1) is 11.0. The number of anilines is 1. The first-order valence-electron chi connectivity index (χ1n) is 7.31. The van der Waals surface area contributed by atoms with Gasteiger partial charge in [-0.2, -0.15) is 0 Å². The summed E-state index contributed by atoms with van der Waals surface area (Å²) in [5, 5.41) is 18.6. The highest BCUT2D eigenvalue weighted by atomic mass is 16.5. The summed E-state index contributed by atoms with van der Waals surface area (Å²) in [5.74, 6) is 1.01. The number of carbonyl (C=O) groups excluding carboxylic acids is 1. The van der Waals surface area contributed by atoms with Gasteiger partial charge in [-0.05, 0) is 31.9 Å². The van der Waals surface area contributed by atoms with Gasteiger partial charge in [-0.25, -0.2) is 4.79 Å². The molecule has 1 aromatic carbocycles. The molecule has 0 saturated heterocycles. The third-order valence-corrected chi connectivity index (χ3v) is 3.19. The number of ether oxygens (including phenoxy) is 1. The van der Waals surface area contributed by atoms with Gasteiger partial charge in [-0.1, -0.05) is 23.4 Å². The maximum absolute atomic E-state index is 11.6. The summed E-state index contributed by atoms with van der Waals surface area (Å²) >= 11 is 0. The van der Waals surface area contributed by atoms with Crippen LogP contribution < -0.4 is 15.4 Å². The molecule has 0 fully saturated rings. The van der Waals surface area contributed by atoms with Crippen LogP contribution in [0.4, 0.5) is 10.7 Å². The number of aliphatic hydroxyl groups excluding tert-OH is 1. The predicted octanol–water partition coefficient (Wildman–Crippen LogP) is 2.16. The molecule has 0 spiro atoms. The van der Waals surface area contributed by atoms with Crippen LogP contribution in [0, 0.1) is 20.8 Å². The zero-order chi connectivity index (χ0) is 16.8. The average molecular weight is 319 g/mol. The molecule has 0 radical (unpaired) electrons. The SMILES string of the molecule is Cc1cc(NC(=O)NC[C@H](O)COc2c(C)cccc2C)on1. The Morgan fingerprint density at radius 1 is 1.35 bits per heavy atom. The Bertz CT molecular complexity index is 649. The van der Waals surface area contributed by atoms with Gasteiger partial charge in [0.1, 0.15) is 18.5 Å². The molecule has 3 N–H and O–H groups in total. The molecule has 0 aliphatic heterocycles. The van der Waals surface area contributed by atoms with Crippen molar-refractivity contribution in [3.63, 3.8) is 0 Å². The fourth-order valence-corrected chi connectivity index (χ4v) is 2.05. The Morgan fingerprint density at radius 3 is 2.65 bits per heavy atom. The fourth-order valence-electron chi connectivity index (χ4n) is 2.05. The first kappa shape index (κ1) is 16.8. The van der Waals surface area contributed by atoms with Crippen LogP contribution in [0.2, 0.25) is 0 Å². The van der Waals surface area contributed by atoms with Gasteiger partial charge in [-0.15, -0.1) is 0 Å². The molecule has 2 amide bonds. The standard InChI is InChI=1S/C16H21N3O4/c1-10-5-4-6-11(2)15(10)22-9-13(20)8-17-16(21)18-14-7-12(3)19-23-14/h4-7,13,20H,8-9H2,1-3H3,(H2,17,18,21)/t13-/m0/s1. The van der Waals surface area contributed by atoms with Gasteiger partial charge in [0, 0.05) is 12.6 Å². The smallest absolute Gasteiger partial charge is 0.321 e. The van der Waals surface area contributed by atoms with E-state index >= 15 is 0 Å². The number of aromatic nitrogens is 1. The second-order valence-electron chi connectivity index (χ2n) is 5.35. The van der Waals surface area contributed by atoms with Crippen molar-refractivity contribution in [1.29, 1.82) is 0 Å². The highest BCUT2D eigenvalue weighted by molar-refractivity contribution is 5.87. The molecule has 2 rings (SSSR count). The van der Waals surface area contributed by atoms with Crippen LogP contribution in [0.25, 0.3) is 0 Å². The number of para-hydroxylation sites is 1. The van der Waals surface area contributed by atoms with Gasteiger partial charge in [0.2, 0.25) is 5.88 Å². The van der Waals surface area contributed by atoms with Crippen LogP contribution in [0.15, 0.2) is 28.8 Å². The number of benzene rings is 1. The lowest BCUT2D eigenvalue weighted by Crippen LogP contribution is -2.37. The van der Waals surface area contributed by atoms with E-state index < -0.39 is 12.1 Å². The van der Waals surface area contributed by atoms with E-state index in [1.807, 2.05) is 32.0 Å². The highest BCUT2D eigenvalue weighted by Crippen LogP contribution is 2.22. The zero-order valence-corrected chi connectivity index (χ0v) is 13.4. The van der Waals surface area contributed by atoms with Crippen molar-refractivity contribution in [2.45, 2.75) is 26.9 Å². The van der Waals surface area contributed by atoms with Crippen molar-refractivity contribution in [2.75, 3.05) is 18.5 Å².